The van der Waals surface area contributed by atoms with E-state index in [1.165, 1.54) is 19.3 Å². The molecule has 1 aromatic heterocycles. The van der Waals surface area contributed by atoms with Gasteiger partial charge in [0.1, 0.15) is 5.82 Å². The predicted molar refractivity (Wildman–Crippen MR) is 83.5 cm³/mol. The molecule has 1 aromatic rings. The summed E-state index contributed by atoms with van der Waals surface area (Å²) in [7, 11) is 0. The van der Waals surface area contributed by atoms with E-state index in [1.54, 1.807) is 0 Å². The molecule has 2 saturated heterocycles. The molecule has 5 nitrogen and oxygen atoms in total. The van der Waals surface area contributed by atoms with E-state index in [1.807, 2.05) is 0 Å². The minimum Gasteiger partial charge on any atom is -0.381 e. The normalized spacial score (nSPS) is 24.2. The Balaban J connectivity index is 1.68. The molecule has 1 unspecified atom stereocenters. The van der Waals surface area contributed by atoms with Crippen molar-refractivity contribution in [2.45, 2.75) is 46.6 Å². The van der Waals surface area contributed by atoms with E-state index >= 15 is 0 Å². The third kappa shape index (κ3) is 3.23. The van der Waals surface area contributed by atoms with E-state index in [0.717, 1.165) is 56.5 Å². The molecule has 1 atom stereocenters. The molecule has 2 aliphatic rings. The van der Waals surface area contributed by atoms with Crippen LogP contribution in [0.3, 0.4) is 0 Å². The lowest BCUT2D eigenvalue weighted by atomic mass is 9.85. The standard InChI is InChI=1S/C16H28N4O/c1-12(2)10-20-13(3)17-18-16(20)19-7-4-15(11-19)14-5-8-21-9-6-14/h12,14-15H,4-11H2,1-3H3. The van der Waals surface area contributed by atoms with Crippen molar-refractivity contribution in [2.24, 2.45) is 17.8 Å². The van der Waals surface area contributed by atoms with Crippen LogP contribution in [-0.2, 0) is 11.3 Å². The summed E-state index contributed by atoms with van der Waals surface area (Å²) in [6, 6.07) is 0. The fraction of sp³-hybridized carbons (Fsp3) is 0.875. The molecular weight excluding hydrogens is 264 g/mol. The second-order valence-electron chi connectivity index (χ2n) is 7.00. The molecule has 2 fully saturated rings. The van der Waals surface area contributed by atoms with Crippen molar-refractivity contribution in [1.29, 1.82) is 0 Å². The van der Waals surface area contributed by atoms with Crippen molar-refractivity contribution < 1.29 is 4.74 Å². The lowest BCUT2D eigenvalue weighted by molar-refractivity contribution is 0.0500. The van der Waals surface area contributed by atoms with Crippen LogP contribution in [0.5, 0.6) is 0 Å². The second-order valence-corrected chi connectivity index (χ2v) is 7.00. The number of aryl methyl sites for hydroxylation is 1. The molecule has 0 radical (unpaired) electrons. The Bertz CT molecular complexity index is 465. The molecule has 5 heteroatoms. The van der Waals surface area contributed by atoms with Gasteiger partial charge in [-0.1, -0.05) is 13.8 Å². The fourth-order valence-corrected chi connectivity index (χ4v) is 3.72. The quantitative estimate of drug-likeness (QED) is 0.855. The van der Waals surface area contributed by atoms with Crippen molar-refractivity contribution in [3.05, 3.63) is 5.82 Å². The first-order valence-electron chi connectivity index (χ1n) is 8.37. The summed E-state index contributed by atoms with van der Waals surface area (Å²) >= 11 is 0. The largest absolute Gasteiger partial charge is 0.381 e. The molecule has 0 bridgehead atoms. The predicted octanol–water partition coefficient (Wildman–Crippen LogP) is 2.50. The zero-order chi connectivity index (χ0) is 14.8. The van der Waals surface area contributed by atoms with Crippen LogP contribution < -0.4 is 4.90 Å². The van der Waals surface area contributed by atoms with Gasteiger partial charge < -0.3 is 9.64 Å². The van der Waals surface area contributed by atoms with Crippen LogP contribution in [0.1, 0.15) is 38.9 Å². The van der Waals surface area contributed by atoms with Crippen molar-refractivity contribution in [3.8, 4) is 0 Å². The van der Waals surface area contributed by atoms with E-state index < -0.39 is 0 Å². The third-order valence-electron chi connectivity index (χ3n) is 4.90. The highest BCUT2D eigenvalue weighted by atomic mass is 16.5. The van der Waals surface area contributed by atoms with Gasteiger partial charge in [-0.3, -0.25) is 4.57 Å². The zero-order valence-electron chi connectivity index (χ0n) is 13.6. The topological polar surface area (TPSA) is 43.2 Å². The summed E-state index contributed by atoms with van der Waals surface area (Å²) in [6.45, 7) is 11.7. The molecule has 118 valence electrons. The Kier molecular flexibility index (Phi) is 4.48. The smallest absolute Gasteiger partial charge is 0.227 e. The van der Waals surface area contributed by atoms with Crippen molar-refractivity contribution in [2.75, 3.05) is 31.2 Å². The number of anilines is 1. The minimum atomic E-state index is 0.618. The molecule has 0 aliphatic carbocycles. The Morgan fingerprint density at radius 2 is 1.90 bits per heavy atom. The molecule has 3 rings (SSSR count). The van der Waals surface area contributed by atoms with Crippen molar-refractivity contribution >= 4 is 5.95 Å². The van der Waals surface area contributed by atoms with Gasteiger partial charge in [-0.15, -0.1) is 10.2 Å². The molecule has 3 heterocycles. The maximum Gasteiger partial charge on any atom is 0.227 e. The SMILES string of the molecule is Cc1nnc(N2CCC(C3CCOCC3)C2)n1CC(C)C. The molecule has 0 spiro atoms. The minimum absolute atomic E-state index is 0.618. The molecule has 21 heavy (non-hydrogen) atoms. The monoisotopic (exact) mass is 292 g/mol. The molecule has 0 N–H and O–H groups in total. The number of ether oxygens (including phenoxy) is 1. The van der Waals surface area contributed by atoms with E-state index in [0.29, 0.717) is 5.92 Å². The van der Waals surface area contributed by atoms with E-state index in [-0.39, 0.29) is 0 Å². The molecule has 2 aliphatic heterocycles. The van der Waals surface area contributed by atoms with Gasteiger partial charge in [0.15, 0.2) is 0 Å². The van der Waals surface area contributed by atoms with Gasteiger partial charge in [0, 0.05) is 32.8 Å². The number of aromatic nitrogens is 3. The summed E-state index contributed by atoms with van der Waals surface area (Å²) in [4.78, 5) is 2.45. The van der Waals surface area contributed by atoms with Crippen LogP contribution in [0, 0.1) is 24.7 Å². The summed E-state index contributed by atoms with van der Waals surface area (Å²) in [6.07, 6.45) is 3.75. The number of hydrogen-bond acceptors (Lipinski definition) is 4. The Hall–Kier alpha value is -1.10. The average molecular weight is 292 g/mol. The van der Waals surface area contributed by atoms with Crippen LogP contribution >= 0.6 is 0 Å². The van der Waals surface area contributed by atoms with E-state index in [4.69, 9.17) is 4.74 Å². The summed E-state index contributed by atoms with van der Waals surface area (Å²) in [5, 5.41) is 8.75. The Morgan fingerprint density at radius 1 is 1.14 bits per heavy atom. The average Bonchev–Trinajstić information content (AvgIpc) is 3.08. The van der Waals surface area contributed by atoms with Gasteiger partial charge >= 0.3 is 0 Å². The first-order valence-corrected chi connectivity index (χ1v) is 8.37. The zero-order valence-corrected chi connectivity index (χ0v) is 13.6. The third-order valence-corrected chi connectivity index (χ3v) is 4.90. The van der Waals surface area contributed by atoms with Crippen LogP contribution in [0.15, 0.2) is 0 Å². The second kappa shape index (κ2) is 6.34. The lowest BCUT2D eigenvalue weighted by Crippen LogP contribution is -2.28. The number of rotatable bonds is 4. The van der Waals surface area contributed by atoms with Crippen LogP contribution in [-0.4, -0.2) is 41.1 Å². The van der Waals surface area contributed by atoms with Crippen molar-refractivity contribution in [1.82, 2.24) is 14.8 Å². The first kappa shape index (κ1) is 14.8. The maximum absolute atomic E-state index is 5.50. The van der Waals surface area contributed by atoms with Crippen molar-refractivity contribution in [3.63, 3.8) is 0 Å². The number of nitrogens with zero attached hydrogens (tertiary/aromatic N) is 4. The van der Waals surface area contributed by atoms with Crippen LogP contribution in [0.4, 0.5) is 5.95 Å². The van der Waals surface area contributed by atoms with Gasteiger partial charge in [0.2, 0.25) is 5.95 Å². The Labute approximate surface area is 127 Å². The summed E-state index contributed by atoms with van der Waals surface area (Å²) < 4.78 is 7.79. The van der Waals surface area contributed by atoms with Gasteiger partial charge in [-0.2, -0.15) is 0 Å². The van der Waals surface area contributed by atoms with Crippen LogP contribution in [0.25, 0.3) is 0 Å². The molecular formula is C16H28N4O. The van der Waals surface area contributed by atoms with Crippen LogP contribution in [0.2, 0.25) is 0 Å². The van der Waals surface area contributed by atoms with Gasteiger partial charge in [0.05, 0.1) is 0 Å². The Morgan fingerprint density at radius 3 is 2.62 bits per heavy atom. The molecule has 0 amide bonds. The molecule has 0 aromatic carbocycles. The first-order chi connectivity index (χ1) is 10.1. The van der Waals surface area contributed by atoms with E-state index in [2.05, 4.69) is 40.4 Å². The summed E-state index contributed by atoms with van der Waals surface area (Å²) in [5.74, 6) is 4.38. The lowest BCUT2D eigenvalue weighted by Gasteiger charge is -2.27. The highest BCUT2D eigenvalue weighted by molar-refractivity contribution is 5.33. The fourth-order valence-electron chi connectivity index (χ4n) is 3.72. The maximum atomic E-state index is 5.50. The number of hydrogen-bond donors (Lipinski definition) is 0. The summed E-state index contributed by atoms with van der Waals surface area (Å²) in [5.41, 5.74) is 0. The van der Waals surface area contributed by atoms with Gasteiger partial charge in [-0.05, 0) is 43.9 Å². The highest BCUT2D eigenvalue weighted by Crippen LogP contribution is 2.33. The van der Waals surface area contributed by atoms with Gasteiger partial charge in [-0.25, -0.2) is 0 Å². The van der Waals surface area contributed by atoms with Gasteiger partial charge in [0.25, 0.3) is 0 Å². The molecule has 0 saturated carbocycles. The van der Waals surface area contributed by atoms with E-state index in [9.17, 15) is 0 Å². The highest BCUT2D eigenvalue weighted by Gasteiger charge is 2.32.